The van der Waals surface area contributed by atoms with E-state index in [0.717, 1.165) is 28.0 Å². The van der Waals surface area contributed by atoms with Gasteiger partial charge in [0.05, 0.1) is 32.2 Å². The molecule has 4 heteroatoms. The Hall–Kier alpha value is -2.15. The van der Waals surface area contributed by atoms with Crippen LogP contribution < -0.4 is 9.47 Å². The third-order valence-corrected chi connectivity index (χ3v) is 2.84. The normalized spacial score (nSPS) is 10.2. The van der Waals surface area contributed by atoms with E-state index in [-0.39, 0.29) is 0 Å². The summed E-state index contributed by atoms with van der Waals surface area (Å²) < 4.78 is 12.7. The van der Waals surface area contributed by atoms with Crippen molar-refractivity contribution >= 4 is 10.9 Å². The monoisotopic (exact) mass is 230 g/mol. The van der Waals surface area contributed by atoms with E-state index < -0.39 is 0 Å². The van der Waals surface area contributed by atoms with Crippen LogP contribution in [0.5, 0.6) is 11.5 Å². The topological polar surface area (TPSA) is 47.2 Å². The van der Waals surface area contributed by atoms with Crippen molar-refractivity contribution in [2.45, 2.75) is 6.42 Å². The molecule has 4 nitrogen and oxygen atoms in total. The van der Waals surface area contributed by atoms with Crippen LogP contribution >= 0.6 is 0 Å². The number of hydrogen-bond donors (Lipinski definition) is 0. The lowest BCUT2D eigenvalue weighted by Crippen LogP contribution is -1.92. The average Bonchev–Trinajstić information content (AvgIpc) is 2.67. The summed E-state index contributed by atoms with van der Waals surface area (Å²) in [6.07, 6.45) is 2.31. The second kappa shape index (κ2) is 4.38. The molecule has 2 aromatic rings. The Morgan fingerprint density at radius 3 is 2.47 bits per heavy atom. The highest BCUT2D eigenvalue weighted by Gasteiger charge is 2.15. The molecule has 88 valence electrons. The second-order valence-electron chi connectivity index (χ2n) is 3.79. The van der Waals surface area contributed by atoms with E-state index in [1.165, 1.54) is 0 Å². The highest BCUT2D eigenvalue weighted by molar-refractivity contribution is 5.94. The zero-order chi connectivity index (χ0) is 12.4. The Bertz CT molecular complexity index is 593. The first kappa shape index (κ1) is 11.3. The highest BCUT2D eigenvalue weighted by Crippen LogP contribution is 2.36. The number of aromatic nitrogens is 1. The summed E-state index contributed by atoms with van der Waals surface area (Å²) in [5.74, 6) is 1.55. The molecular weight excluding hydrogens is 216 g/mol. The Morgan fingerprint density at radius 1 is 1.24 bits per heavy atom. The van der Waals surface area contributed by atoms with Crippen molar-refractivity contribution < 1.29 is 9.47 Å². The average molecular weight is 230 g/mol. The summed E-state index contributed by atoms with van der Waals surface area (Å²) in [4.78, 5) is 0. The molecule has 1 aromatic carbocycles. The van der Waals surface area contributed by atoms with Gasteiger partial charge in [-0.2, -0.15) is 5.26 Å². The summed E-state index contributed by atoms with van der Waals surface area (Å²) in [5.41, 5.74) is 1.91. The number of benzene rings is 1. The molecule has 0 spiro atoms. The number of nitriles is 1. The van der Waals surface area contributed by atoms with Crippen molar-refractivity contribution in [2.24, 2.45) is 7.05 Å². The Labute approximate surface area is 100.0 Å². The molecule has 0 aliphatic carbocycles. The Balaban J connectivity index is 2.83. The van der Waals surface area contributed by atoms with Gasteiger partial charge < -0.3 is 14.0 Å². The molecule has 0 radical (unpaired) electrons. The van der Waals surface area contributed by atoms with Crippen LogP contribution in [-0.2, 0) is 13.5 Å². The number of fused-ring (bicyclic) bond motifs is 1. The number of hydrogen-bond acceptors (Lipinski definition) is 3. The zero-order valence-electron chi connectivity index (χ0n) is 10.2. The van der Waals surface area contributed by atoms with Crippen LogP contribution in [0.3, 0.4) is 0 Å². The van der Waals surface area contributed by atoms with E-state index >= 15 is 0 Å². The van der Waals surface area contributed by atoms with Crippen molar-refractivity contribution in [1.82, 2.24) is 4.57 Å². The van der Waals surface area contributed by atoms with Crippen LogP contribution in [0.4, 0.5) is 0 Å². The molecule has 17 heavy (non-hydrogen) atoms. The molecule has 0 atom stereocenters. The fraction of sp³-hybridized carbons (Fsp3) is 0.308. The minimum Gasteiger partial charge on any atom is -0.496 e. The predicted molar refractivity (Wildman–Crippen MR) is 65.3 cm³/mol. The molecule has 0 fully saturated rings. The van der Waals surface area contributed by atoms with Crippen molar-refractivity contribution in [3.8, 4) is 17.6 Å². The van der Waals surface area contributed by atoms with E-state index in [1.807, 2.05) is 29.9 Å². The van der Waals surface area contributed by atoms with Gasteiger partial charge in [-0.1, -0.05) is 0 Å². The molecule has 0 bridgehead atoms. The van der Waals surface area contributed by atoms with Crippen molar-refractivity contribution in [3.05, 3.63) is 23.9 Å². The molecule has 0 saturated heterocycles. The van der Waals surface area contributed by atoms with Gasteiger partial charge in [0.2, 0.25) is 0 Å². The third-order valence-electron chi connectivity index (χ3n) is 2.84. The van der Waals surface area contributed by atoms with Gasteiger partial charge in [0, 0.05) is 18.6 Å². The molecule has 0 aliphatic rings. The molecule has 2 rings (SSSR count). The molecular formula is C13H14N2O2. The quantitative estimate of drug-likeness (QED) is 0.812. The molecule has 0 unspecified atom stereocenters. The number of ether oxygens (including phenoxy) is 2. The molecule has 1 heterocycles. The van der Waals surface area contributed by atoms with Gasteiger partial charge in [-0.05, 0) is 17.7 Å². The number of nitrogens with zero attached hydrogens (tertiary/aromatic N) is 2. The number of rotatable bonds is 3. The molecule has 0 aliphatic heterocycles. The first-order valence-corrected chi connectivity index (χ1v) is 5.28. The maximum Gasteiger partial charge on any atom is 0.143 e. The maximum atomic E-state index is 8.85. The van der Waals surface area contributed by atoms with Crippen molar-refractivity contribution in [3.63, 3.8) is 0 Å². The van der Waals surface area contributed by atoms with Gasteiger partial charge >= 0.3 is 0 Å². The van der Waals surface area contributed by atoms with E-state index in [1.54, 1.807) is 14.2 Å². The van der Waals surface area contributed by atoms with Crippen LogP contribution in [0.25, 0.3) is 10.9 Å². The predicted octanol–water partition coefficient (Wildman–Crippen LogP) is 2.26. The summed E-state index contributed by atoms with van der Waals surface area (Å²) in [6.45, 7) is 0. The lowest BCUT2D eigenvalue weighted by Gasteiger charge is -2.08. The first-order chi connectivity index (χ1) is 8.22. The number of aryl methyl sites for hydroxylation is 1. The van der Waals surface area contributed by atoms with E-state index in [0.29, 0.717) is 6.42 Å². The highest BCUT2D eigenvalue weighted by atomic mass is 16.5. The number of methoxy groups -OCH3 is 2. The molecule has 1 aromatic heterocycles. The summed E-state index contributed by atoms with van der Waals surface area (Å²) in [6, 6.07) is 5.90. The van der Waals surface area contributed by atoms with Crippen molar-refractivity contribution in [1.29, 1.82) is 5.26 Å². The SMILES string of the molecule is COc1ccc(OC)c2c1c(CC#N)cn2C. The van der Waals surface area contributed by atoms with Gasteiger partial charge in [0.1, 0.15) is 11.5 Å². The fourth-order valence-corrected chi connectivity index (χ4v) is 2.13. The van der Waals surface area contributed by atoms with Crippen LogP contribution in [0, 0.1) is 11.3 Å². The molecule has 0 saturated carbocycles. The minimum atomic E-state index is 0.362. The summed E-state index contributed by atoms with van der Waals surface area (Å²) in [7, 11) is 5.20. The van der Waals surface area contributed by atoms with E-state index in [2.05, 4.69) is 6.07 Å². The van der Waals surface area contributed by atoms with Crippen molar-refractivity contribution in [2.75, 3.05) is 14.2 Å². The summed E-state index contributed by atoms with van der Waals surface area (Å²) >= 11 is 0. The smallest absolute Gasteiger partial charge is 0.143 e. The first-order valence-electron chi connectivity index (χ1n) is 5.28. The maximum absolute atomic E-state index is 8.85. The largest absolute Gasteiger partial charge is 0.496 e. The second-order valence-corrected chi connectivity index (χ2v) is 3.79. The third kappa shape index (κ3) is 1.70. The standard InChI is InChI=1S/C13H14N2O2/c1-15-8-9(6-7-14)12-10(16-2)4-5-11(17-3)13(12)15/h4-5,8H,6H2,1-3H3. The lowest BCUT2D eigenvalue weighted by atomic mass is 10.1. The molecule has 0 N–H and O–H groups in total. The molecule has 0 amide bonds. The Kier molecular flexibility index (Phi) is 2.92. The zero-order valence-corrected chi connectivity index (χ0v) is 10.2. The van der Waals surface area contributed by atoms with Gasteiger partial charge in [-0.3, -0.25) is 0 Å². The fourth-order valence-electron chi connectivity index (χ4n) is 2.13. The summed E-state index contributed by atoms with van der Waals surface area (Å²) in [5, 5.41) is 9.80. The van der Waals surface area contributed by atoms with Gasteiger partial charge in [-0.25, -0.2) is 0 Å². The van der Waals surface area contributed by atoms with E-state index in [9.17, 15) is 0 Å². The minimum absolute atomic E-state index is 0.362. The van der Waals surface area contributed by atoms with Gasteiger partial charge in [0.25, 0.3) is 0 Å². The lowest BCUT2D eigenvalue weighted by molar-refractivity contribution is 0.409. The van der Waals surface area contributed by atoms with Gasteiger partial charge in [-0.15, -0.1) is 0 Å². The van der Waals surface area contributed by atoms with Crippen LogP contribution in [-0.4, -0.2) is 18.8 Å². The Morgan fingerprint density at radius 2 is 1.88 bits per heavy atom. The van der Waals surface area contributed by atoms with Crippen LogP contribution in [0.1, 0.15) is 5.56 Å². The van der Waals surface area contributed by atoms with Crippen LogP contribution in [0.2, 0.25) is 0 Å². The van der Waals surface area contributed by atoms with E-state index in [4.69, 9.17) is 14.7 Å². The van der Waals surface area contributed by atoms with Crippen LogP contribution in [0.15, 0.2) is 18.3 Å². The van der Waals surface area contributed by atoms with Gasteiger partial charge in [0.15, 0.2) is 0 Å².